The first-order valence-corrected chi connectivity index (χ1v) is 7.47. The average molecular weight is 293 g/mol. The maximum Gasteiger partial charge on any atom is 0.411 e. The van der Waals surface area contributed by atoms with Crippen LogP contribution in [0.2, 0.25) is 0 Å². The summed E-state index contributed by atoms with van der Waals surface area (Å²) in [6, 6.07) is -0.855. The van der Waals surface area contributed by atoms with E-state index in [1.807, 2.05) is 0 Å². The highest BCUT2D eigenvalue weighted by Crippen LogP contribution is 2.26. The molecule has 0 aliphatic carbocycles. The highest BCUT2D eigenvalue weighted by Gasteiger charge is 2.46. The van der Waals surface area contributed by atoms with Gasteiger partial charge in [0.2, 0.25) is 11.9 Å². The Morgan fingerprint density at radius 2 is 1.86 bits per heavy atom. The van der Waals surface area contributed by atoms with Crippen LogP contribution in [0, 0.1) is 6.57 Å². The Morgan fingerprint density at radius 3 is 2.38 bits per heavy atom. The van der Waals surface area contributed by atoms with Gasteiger partial charge in [0.05, 0.1) is 6.42 Å². The number of carbonyl (C=O) groups excluding carboxylic acids is 2. The lowest BCUT2D eigenvalue weighted by atomic mass is 10.1. The first-order valence-electron chi connectivity index (χ1n) is 7.47. The van der Waals surface area contributed by atoms with Gasteiger partial charge >= 0.3 is 6.09 Å². The molecule has 0 aromatic carbocycles. The van der Waals surface area contributed by atoms with E-state index in [0.717, 1.165) is 25.9 Å². The van der Waals surface area contributed by atoms with Crippen LogP contribution in [-0.2, 0) is 9.53 Å². The van der Waals surface area contributed by atoms with Crippen LogP contribution in [0.15, 0.2) is 0 Å². The van der Waals surface area contributed by atoms with E-state index in [9.17, 15) is 9.59 Å². The van der Waals surface area contributed by atoms with E-state index in [0.29, 0.717) is 6.42 Å². The maximum atomic E-state index is 12.6. The van der Waals surface area contributed by atoms with Gasteiger partial charge in [-0.25, -0.2) is 11.4 Å². The van der Waals surface area contributed by atoms with Gasteiger partial charge in [-0.3, -0.25) is 9.69 Å². The van der Waals surface area contributed by atoms with E-state index in [2.05, 4.69) is 4.85 Å². The first-order chi connectivity index (χ1) is 9.81. The second-order valence-electron chi connectivity index (χ2n) is 6.70. The summed E-state index contributed by atoms with van der Waals surface area (Å²) in [6.07, 6.45) is 1.94. The number of likely N-dealkylation sites (tertiary alicyclic amines) is 2. The van der Waals surface area contributed by atoms with Crippen molar-refractivity contribution in [2.45, 2.75) is 57.7 Å². The summed E-state index contributed by atoms with van der Waals surface area (Å²) < 4.78 is 5.37. The lowest BCUT2D eigenvalue weighted by Crippen LogP contribution is -2.48. The van der Waals surface area contributed by atoms with E-state index in [1.165, 1.54) is 4.90 Å². The largest absolute Gasteiger partial charge is 0.444 e. The monoisotopic (exact) mass is 293 g/mol. The second kappa shape index (κ2) is 5.92. The zero-order valence-electron chi connectivity index (χ0n) is 13.0. The van der Waals surface area contributed by atoms with Crippen LogP contribution >= 0.6 is 0 Å². The van der Waals surface area contributed by atoms with Gasteiger partial charge in [-0.05, 0) is 33.6 Å². The molecule has 2 atom stereocenters. The van der Waals surface area contributed by atoms with E-state index >= 15 is 0 Å². The van der Waals surface area contributed by atoms with E-state index < -0.39 is 17.7 Å². The highest BCUT2D eigenvalue weighted by molar-refractivity contribution is 5.86. The molecule has 2 aliphatic heterocycles. The summed E-state index contributed by atoms with van der Waals surface area (Å²) in [7, 11) is 0. The molecule has 2 heterocycles. The van der Waals surface area contributed by atoms with Gasteiger partial charge in [0.1, 0.15) is 18.2 Å². The Kier molecular flexibility index (Phi) is 4.40. The molecule has 0 N–H and O–H groups in total. The predicted molar refractivity (Wildman–Crippen MR) is 77.5 cm³/mol. The standard InChI is InChI=1S/C15H23N3O3/c1-15(2,3)21-14(20)18-10-11(16-4)9-12(18)13(19)17-7-5-6-8-17/h11-12H,5-10H2,1-3H3/t11-,12-/m0/s1. The molecule has 0 aromatic rings. The molecule has 116 valence electrons. The molecule has 0 unspecified atom stereocenters. The molecular weight excluding hydrogens is 270 g/mol. The molecule has 0 aromatic heterocycles. The molecule has 0 saturated carbocycles. The Balaban J connectivity index is 2.11. The molecule has 6 heteroatoms. The van der Waals surface area contributed by atoms with Gasteiger partial charge in [0.25, 0.3) is 0 Å². The Labute approximate surface area is 125 Å². The molecule has 2 rings (SSSR count). The predicted octanol–water partition coefficient (Wildman–Crippen LogP) is 1.91. The molecule has 21 heavy (non-hydrogen) atoms. The third-order valence-electron chi connectivity index (χ3n) is 3.79. The lowest BCUT2D eigenvalue weighted by molar-refractivity contribution is -0.134. The number of rotatable bonds is 1. The topological polar surface area (TPSA) is 54.2 Å². The number of hydrogen-bond donors (Lipinski definition) is 0. The van der Waals surface area contributed by atoms with E-state index in [-0.39, 0.29) is 18.5 Å². The van der Waals surface area contributed by atoms with Gasteiger partial charge in [0, 0.05) is 13.1 Å². The van der Waals surface area contributed by atoms with Crippen LogP contribution in [0.4, 0.5) is 4.79 Å². The molecule has 2 fully saturated rings. The summed E-state index contributed by atoms with van der Waals surface area (Å²) >= 11 is 0. The molecule has 2 aliphatic rings. The first kappa shape index (κ1) is 15.6. The van der Waals surface area contributed by atoms with Crippen molar-refractivity contribution in [3.05, 3.63) is 11.4 Å². The minimum absolute atomic E-state index is 0.0375. The van der Waals surface area contributed by atoms with Crippen molar-refractivity contribution in [2.75, 3.05) is 19.6 Å². The van der Waals surface area contributed by atoms with Gasteiger partial charge in [-0.15, -0.1) is 0 Å². The summed E-state index contributed by atoms with van der Waals surface area (Å²) in [5.41, 5.74) is -0.603. The van der Waals surface area contributed by atoms with E-state index in [4.69, 9.17) is 11.3 Å². The maximum absolute atomic E-state index is 12.6. The molecular formula is C15H23N3O3. The minimum Gasteiger partial charge on any atom is -0.444 e. The molecule has 2 saturated heterocycles. The van der Waals surface area contributed by atoms with Crippen molar-refractivity contribution >= 4 is 12.0 Å². The van der Waals surface area contributed by atoms with Crippen LogP contribution in [0.25, 0.3) is 4.85 Å². The Hall–Kier alpha value is -1.77. The third kappa shape index (κ3) is 3.66. The number of hydrogen-bond acceptors (Lipinski definition) is 3. The fourth-order valence-corrected chi connectivity index (χ4v) is 2.81. The number of ether oxygens (including phenoxy) is 1. The fraction of sp³-hybridized carbons (Fsp3) is 0.800. The molecule has 0 bridgehead atoms. The zero-order valence-corrected chi connectivity index (χ0v) is 13.0. The number of nitrogens with zero attached hydrogens (tertiary/aromatic N) is 3. The second-order valence-corrected chi connectivity index (χ2v) is 6.70. The van der Waals surface area contributed by atoms with Crippen molar-refractivity contribution in [3.63, 3.8) is 0 Å². The zero-order chi connectivity index (χ0) is 15.6. The van der Waals surface area contributed by atoms with Gasteiger partial charge in [0.15, 0.2) is 0 Å². The smallest absolute Gasteiger partial charge is 0.411 e. The average Bonchev–Trinajstić information content (AvgIpc) is 3.05. The normalized spacial score (nSPS) is 25.8. The Morgan fingerprint density at radius 1 is 1.24 bits per heavy atom. The van der Waals surface area contributed by atoms with Crippen molar-refractivity contribution in [1.82, 2.24) is 9.80 Å². The third-order valence-corrected chi connectivity index (χ3v) is 3.79. The van der Waals surface area contributed by atoms with Gasteiger partial charge in [-0.2, -0.15) is 0 Å². The van der Waals surface area contributed by atoms with Gasteiger partial charge < -0.3 is 14.5 Å². The van der Waals surface area contributed by atoms with Crippen LogP contribution in [0.5, 0.6) is 0 Å². The minimum atomic E-state index is -0.603. The van der Waals surface area contributed by atoms with Crippen molar-refractivity contribution in [3.8, 4) is 0 Å². The SMILES string of the molecule is [C-]#[N+][C@H]1C[C@@H](C(=O)N2CCCC2)N(C(=O)OC(C)(C)C)C1. The van der Waals surface area contributed by atoms with Crippen LogP contribution in [0.3, 0.4) is 0 Å². The van der Waals surface area contributed by atoms with Crippen molar-refractivity contribution in [2.24, 2.45) is 0 Å². The summed E-state index contributed by atoms with van der Waals surface area (Å²) in [5, 5.41) is 0. The summed E-state index contributed by atoms with van der Waals surface area (Å²) in [4.78, 5) is 31.6. The van der Waals surface area contributed by atoms with Crippen LogP contribution in [-0.4, -0.2) is 59.1 Å². The number of carbonyl (C=O) groups is 2. The summed E-state index contributed by atoms with van der Waals surface area (Å²) in [5.74, 6) is -0.0375. The molecule has 0 spiro atoms. The molecule has 0 radical (unpaired) electrons. The lowest BCUT2D eigenvalue weighted by Gasteiger charge is -2.29. The van der Waals surface area contributed by atoms with Crippen LogP contribution < -0.4 is 0 Å². The molecule has 2 amide bonds. The van der Waals surface area contributed by atoms with Crippen molar-refractivity contribution < 1.29 is 14.3 Å². The van der Waals surface area contributed by atoms with Crippen molar-refractivity contribution in [1.29, 1.82) is 0 Å². The van der Waals surface area contributed by atoms with E-state index in [1.54, 1.807) is 25.7 Å². The summed E-state index contributed by atoms with van der Waals surface area (Å²) in [6.45, 7) is 14.3. The highest BCUT2D eigenvalue weighted by atomic mass is 16.6. The molecule has 6 nitrogen and oxygen atoms in total. The fourth-order valence-electron chi connectivity index (χ4n) is 2.81. The Bertz CT molecular complexity index is 458. The quantitative estimate of drug-likeness (QED) is 0.694. The van der Waals surface area contributed by atoms with Crippen LogP contribution in [0.1, 0.15) is 40.0 Å². The van der Waals surface area contributed by atoms with Gasteiger partial charge in [-0.1, -0.05) is 0 Å². The number of amides is 2.